The first-order chi connectivity index (χ1) is 9.57. The zero-order chi connectivity index (χ0) is 14.2. The molecule has 0 spiro atoms. The molecule has 0 amide bonds. The SMILES string of the molecule is CCCCCCCOC12CC3CC(CC(C3)C1(C)O)C2. The van der Waals surface area contributed by atoms with Crippen LogP contribution in [0.15, 0.2) is 0 Å². The second kappa shape index (κ2) is 5.61. The van der Waals surface area contributed by atoms with Crippen LogP contribution in [0.25, 0.3) is 0 Å². The molecule has 1 N–H and O–H groups in total. The molecule has 0 radical (unpaired) electrons. The molecule has 4 bridgehead atoms. The van der Waals surface area contributed by atoms with Gasteiger partial charge in [-0.15, -0.1) is 0 Å². The van der Waals surface area contributed by atoms with Gasteiger partial charge in [0, 0.05) is 6.61 Å². The highest BCUT2D eigenvalue weighted by Gasteiger charge is 2.63. The minimum Gasteiger partial charge on any atom is -0.387 e. The van der Waals surface area contributed by atoms with Crippen molar-refractivity contribution in [3.8, 4) is 0 Å². The van der Waals surface area contributed by atoms with Crippen molar-refractivity contribution >= 4 is 0 Å². The van der Waals surface area contributed by atoms with E-state index < -0.39 is 5.60 Å². The summed E-state index contributed by atoms with van der Waals surface area (Å²) in [6, 6.07) is 0. The second-order valence-corrected chi connectivity index (χ2v) is 7.95. The average molecular weight is 280 g/mol. The fourth-order valence-corrected chi connectivity index (χ4v) is 5.40. The van der Waals surface area contributed by atoms with Gasteiger partial charge in [-0.2, -0.15) is 0 Å². The van der Waals surface area contributed by atoms with E-state index in [0.717, 1.165) is 37.7 Å². The van der Waals surface area contributed by atoms with E-state index in [4.69, 9.17) is 4.74 Å². The Balaban J connectivity index is 1.56. The van der Waals surface area contributed by atoms with Crippen molar-refractivity contribution in [3.63, 3.8) is 0 Å². The molecule has 2 nitrogen and oxygen atoms in total. The third-order valence-electron chi connectivity index (χ3n) is 6.48. The van der Waals surface area contributed by atoms with Gasteiger partial charge in [-0.25, -0.2) is 0 Å². The molecule has 3 unspecified atom stereocenters. The van der Waals surface area contributed by atoms with Gasteiger partial charge in [0.2, 0.25) is 0 Å². The van der Waals surface area contributed by atoms with Crippen LogP contribution in [0, 0.1) is 17.8 Å². The van der Waals surface area contributed by atoms with Gasteiger partial charge in [-0.1, -0.05) is 32.6 Å². The Hall–Kier alpha value is -0.0800. The van der Waals surface area contributed by atoms with Crippen molar-refractivity contribution in [1.82, 2.24) is 0 Å². The summed E-state index contributed by atoms with van der Waals surface area (Å²) in [5.41, 5.74) is -0.781. The molecule has 116 valence electrons. The fourth-order valence-electron chi connectivity index (χ4n) is 5.40. The summed E-state index contributed by atoms with van der Waals surface area (Å²) in [6.45, 7) is 5.17. The molecule has 2 heteroatoms. The number of aliphatic hydroxyl groups is 1. The largest absolute Gasteiger partial charge is 0.387 e. The van der Waals surface area contributed by atoms with Crippen molar-refractivity contribution in [1.29, 1.82) is 0 Å². The maximum absolute atomic E-state index is 11.1. The molecule has 0 aromatic carbocycles. The summed E-state index contributed by atoms with van der Waals surface area (Å²) in [7, 11) is 0. The first-order valence-electron chi connectivity index (χ1n) is 8.94. The molecule has 0 heterocycles. The molecule has 3 atom stereocenters. The van der Waals surface area contributed by atoms with Crippen molar-refractivity contribution in [2.45, 2.75) is 89.3 Å². The molecule has 0 aromatic rings. The maximum atomic E-state index is 11.1. The van der Waals surface area contributed by atoms with Gasteiger partial charge in [-0.3, -0.25) is 0 Å². The average Bonchev–Trinajstić information content (AvgIpc) is 2.40. The lowest BCUT2D eigenvalue weighted by Crippen LogP contribution is -2.68. The van der Waals surface area contributed by atoms with Gasteiger partial charge < -0.3 is 9.84 Å². The van der Waals surface area contributed by atoms with Gasteiger partial charge in [0.1, 0.15) is 0 Å². The first-order valence-corrected chi connectivity index (χ1v) is 8.94. The van der Waals surface area contributed by atoms with Crippen molar-refractivity contribution in [2.24, 2.45) is 17.8 Å². The first kappa shape index (κ1) is 14.8. The van der Waals surface area contributed by atoms with E-state index in [2.05, 4.69) is 13.8 Å². The molecule has 0 saturated heterocycles. The van der Waals surface area contributed by atoms with Gasteiger partial charge in [0.25, 0.3) is 0 Å². The van der Waals surface area contributed by atoms with Gasteiger partial charge in [0.05, 0.1) is 11.2 Å². The van der Waals surface area contributed by atoms with Gasteiger partial charge >= 0.3 is 0 Å². The highest BCUT2D eigenvalue weighted by atomic mass is 16.5. The summed E-state index contributed by atoms with van der Waals surface area (Å²) in [4.78, 5) is 0. The highest BCUT2D eigenvalue weighted by Crippen LogP contribution is 2.61. The molecule has 4 rings (SSSR count). The molecule has 4 saturated carbocycles. The minimum atomic E-state index is -0.580. The van der Waals surface area contributed by atoms with E-state index in [0.29, 0.717) is 5.92 Å². The zero-order valence-corrected chi connectivity index (χ0v) is 13.4. The number of ether oxygens (including phenoxy) is 1. The molecule has 4 aliphatic carbocycles. The molecular weight excluding hydrogens is 248 g/mol. The Bertz CT molecular complexity index is 322. The second-order valence-electron chi connectivity index (χ2n) is 7.95. The van der Waals surface area contributed by atoms with Crippen LogP contribution in [-0.4, -0.2) is 22.9 Å². The minimum absolute atomic E-state index is 0.202. The Morgan fingerprint density at radius 3 is 2.30 bits per heavy atom. The van der Waals surface area contributed by atoms with E-state index in [1.54, 1.807) is 0 Å². The monoisotopic (exact) mass is 280 g/mol. The number of hydrogen-bond acceptors (Lipinski definition) is 2. The lowest BCUT2D eigenvalue weighted by atomic mass is 9.48. The van der Waals surface area contributed by atoms with E-state index in [1.165, 1.54) is 44.9 Å². The zero-order valence-electron chi connectivity index (χ0n) is 13.4. The molecule has 4 fully saturated rings. The fraction of sp³-hybridized carbons (Fsp3) is 1.00. The Morgan fingerprint density at radius 2 is 1.65 bits per heavy atom. The normalized spacial score (nSPS) is 46.0. The predicted molar refractivity (Wildman–Crippen MR) is 81.6 cm³/mol. The summed E-state index contributed by atoms with van der Waals surface area (Å²) in [6.07, 6.45) is 12.5. The Labute approximate surface area is 124 Å². The summed E-state index contributed by atoms with van der Waals surface area (Å²) >= 11 is 0. The number of hydrogen-bond donors (Lipinski definition) is 1. The molecular formula is C18H32O2. The van der Waals surface area contributed by atoms with Crippen LogP contribution in [0.1, 0.15) is 78.1 Å². The van der Waals surface area contributed by atoms with Crippen LogP contribution in [0.3, 0.4) is 0 Å². The van der Waals surface area contributed by atoms with Crippen LogP contribution >= 0.6 is 0 Å². The van der Waals surface area contributed by atoms with E-state index in [1.807, 2.05) is 0 Å². The van der Waals surface area contributed by atoms with Gasteiger partial charge in [0.15, 0.2) is 0 Å². The van der Waals surface area contributed by atoms with Crippen LogP contribution in [0.4, 0.5) is 0 Å². The van der Waals surface area contributed by atoms with Crippen LogP contribution in [0.5, 0.6) is 0 Å². The van der Waals surface area contributed by atoms with E-state index >= 15 is 0 Å². The third kappa shape index (κ3) is 2.43. The summed E-state index contributed by atoms with van der Waals surface area (Å²) in [5, 5.41) is 11.1. The van der Waals surface area contributed by atoms with E-state index in [9.17, 15) is 5.11 Å². The standard InChI is InChI=1S/C18H32O2/c1-3-4-5-6-7-8-20-18-12-14-9-15(13-18)11-16(10-14)17(18,2)19/h14-16,19H,3-13H2,1-2H3. The summed E-state index contributed by atoms with van der Waals surface area (Å²) in [5.74, 6) is 2.15. The van der Waals surface area contributed by atoms with Gasteiger partial charge in [-0.05, 0) is 63.2 Å². The maximum Gasteiger partial charge on any atom is 0.0973 e. The van der Waals surface area contributed by atoms with E-state index in [-0.39, 0.29) is 5.60 Å². The van der Waals surface area contributed by atoms with Crippen molar-refractivity contribution < 1.29 is 9.84 Å². The molecule has 4 aliphatic rings. The highest BCUT2D eigenvalue weighted by molar-refractivity contribution is 5.14. The quantitative estimate of drug-likeness (QED) is 0.704. The lowest BCUT2D eigenvalue weighted by molar-refractivity contribution is -0.278. The van der Waals surface area contributed by atoms with Crippen LogP contribution < -0.4 is 0 Å². The van der Waals surface area contributed by atoms with Crippen molar-refractivity contribution in [3.05, 3.63) is 0 Å². The smallest absolute Gasteiger partial charge is 0.0973 e. The molecule has 20 heavy (non-hydrogen) atoms. The molecule has 0 aromatic heterocycles. The van der Waals surface area contributed by atoms with Crippen LogP contribution in [0.2, 0.25) is 0 Å². The molecule has 0 aliphatic heterocycles. The van der Waals surface area contributed by atoms with Crippen molar-refractivity contribution in [2.75, 3.05) is 6.61 Å². The number of unbranched alkanes of at least 4 members (excludes halogenated alkanes) is 4. The summed E-state index contributed by atoms with van der Waals surface area (Å²) < 4.78 is 6.39. The topological polar surface area (TPSA) is 29.5 Å². The predicted octanol–water partition coefficient (Wildman–Crippen LogP) is 4.30. The lowest BCUT2D eigenvalue weighted by Gasteiger charge is -2.63. The Morgan fingerprint density at radius 1 is 1.00 bits per heavy atom. The van der Waals surface area contributed by atoms with Crippen LogP contribution in [-0.2, 0) is 4.74 Å². The number of rotatable bonds is 7. The Kier molecular flexibility index (Phi) is 4.16. The third-order valence-corrected chi connectivity index (χ3v) is 6.48.